The van der Waals surface area contributed by atoms with E-state index in [0.717, 1.165) is 12.1 Å². The highest BCUT2D eigenvalue weighted by Gasteiger charge is 2.11. The molecule has 6 heteroatoms. The zero-order chi connectivity index (χ0) is 13.3. The van der Waals surface area contributed by atoms with Crippen molar-refractivity contribution in [3.8, 4) is 0 Å². The number of nitrogens with two attached hydrogens (primary N) is 1. The summed E-state index contributed by atoms with van der Waals surface area (Å²) in [6.07, 6.45) is 0. The molecule has 0 saturated carbocycles. The largest absolute Gasteiger partial charge is 0.397 e. The molecule has 0 fully saturated rings. The second kappa shape index (κ2) is 4.78. The van der Waals surface area contributed by atoms with Crippen molar-refractivity contribution in [1.82, 2.24) is 0 Å². The number of hydrogen-bond donors (Lipinski definition) is 2. The van der Waals surface area contributed by atoms with Crippen molar-refractivity contribution in [2.45, 2.75) is 0 Å². The first-order chi connectivity index (χ1) is 8.49. The summed E-state index contributed by atoms with van der Waals surface area (Å²) < 4.78 is 39.4. The number of anilines is 3. The Labute approximate surface area is 106 Å². The van der Waals surface area contributed by atoms with Gasteiger partial charge in [-0.15, -0.1) is 0 Å². The van der Waals surface area contributed by atoms with Crippen LogP contribution in [-0.4, -0.2) is 0 Å². The molecule has 0 atom stereocenters. The van der Waals surface area contributed by atoms with Crippen LogP contribution in [-0.2, 0) is 0 Å². The Hall–Kier alpha value is -1.88. The fourth-order valence-electron chi connectivity index (χ4n) is 1.41. The molecule has 2 rings (SSSR count). The maximum atomic E-state index is 13.7. The van der Waals surface area contributed by atoms with E-state index >= 15 is 0 Å². The Balaban J connectivity index is 2.39. The maximum Gasteiger partial charge on any atom is 0.167 e. The maximum absolute atomic E-state index is 13.7. The summed E-state index contributed by atoms with van der Waals surface area (Å²) in [5.74, 6) is -2.78. The lowest BCUT2D eigenvalue weighted by Crippen LogP contribution is -2.00. The fraction of sp³-hybridized carbons (Fsp3) is 0. The molecule has 0 aliphatic carbocycles. The molecule has 0 saturated heterocycles. The molecular formula is C12H8ClF3N2. The molecule has 2 aromatic rings. The van der Waals surface area contributed by atoms with Gasteiger partial charge < -0.3 is 11.1 Å². The second-order valence-electron chi connectivity index (χ2n) is 3.58. The number of benzene rings is 2. The predicted molar refractivity (Wildman–Crippen MR) is 65.5 cm³/mol. The Morgan fingerprint density at radius 3 is 2.39 bits per heavy atom. The molecule has 0 heterocycles. The van der Waals surface area contributed by atoms with Gasteiger partial charge in [-0.1, -0.05) is 11.6 Å². The van der Waals surface area contributed by atoms with Crippen LogP contribution in [0, 0.1) is 17.5 Å². The van der Waals surface area contributed by atoms with Crippen LogP contribution in [0.4, 0.5) is 30.2 Å². The first-order valence-electron chi connectivity index (χ1n) is 4.94. The molecule has 2 aromatic carbocycles. The van der Waals surface area contributed by atoms with Gasteiger partial charge in [-0.3, -0.25) is 0 Å². The lowest BCUT2D eigenvalue weighted by atomic mass is 10.2. The minimum Gasteiger partial charge on any atom is -0.397 e. The predicted octanol–water partition coefficient (Wildman–Crippen LogP) is 4.08. The first-order valence-corrected chi connectivity index (χ1v) is 5.32. The van der Waals surface area contributed by atoms with Gasteiger partial charge in [-0.05, 0) is 24.3 Å². The number of nitrogen functional groups attached to an aromatic ring is 1. The third-order valence-corrected chi connectivity index (χ3v) is 2.61. The summed E-state index contributed by atoms with van der Waals surface area (Å²) in [7, 11) is 0. The van der Waals surface area contributed by atoms with Crippen molar-refractivity contribution >= 4 is 28.7 Å². The number of hydrogen-bond acceptors (Lipinski definition) is 2. The van der Waals surface area contributed by atoms with Crippen LogP contribution in [0.25, 0.3) is 0 Å². The third-order valence-electron chi connectivity index (χ3n) is 2.32. The van der Waals surface area contributed by atoms with E-state index in [1.54, 1.807) is 0 Å². The van der Waals surface area contributed by atoms with Crippen molar-refractivity contribution < 1.29 is 13.2 Å². The minimum atomic E-state index is -1.04. The summed E-state index contributed by atoms with van der Waals surface area (Å²) in [6, 6.07) is 5.81. The summed E-state index contributed by atoms with van der Waals surface area (Å²) in [5, 5.41) is 2.44. The molecule has 3 N–H and O–H groups in total. The van der Waals surface area contributed by atoms with Crippen LogP contribution < -0.4 is 11.1 Å². The van der Waals surface area contributed by atoms with Crippen molar-refractivity contribution in [3.05, 3.63) is 52.8 Å². The zero-order valence-electron chi connectivity index (χ0n) is 8.98. The second-order valence-corrected chi connectivity index (χ2v) is 3.99. The highest BCUT2D eigenvalue weighted by Crippen LogP contribution is 2.31. The van der Waals surface area contributed by atoms with Crippen molar-refractivity contribution in [1.29, 1.82) is 0 Å². The van der Waals surface area contributed by atoms with Crippen molar-refractivity contribution in [3.63, 3.8) is 0 Å². The zero-order valence-corrected chi connectivity index (χ0v) is 9.73. The molecule has 0 spiro atoms. The van der Waals surface area contributed by atoms with Crippen LogP contribution in [0.2, 0.25) is 5.02 Å². The topological polar surface area (TPSA) is 38.0 Å². The van der Waals surface area contributed by atoms with Crippen LogP contribution in [0.15, 0.2) is 30.3 Å². The highest BCUT2D eigenvalue weighted by molar-refractivity contribution is 6.31. The molecule has 0 aliphatic rings. The van der Waals surface area contributed by atoms with Gasteiger partial charge in [0.2, 0.25) is 0 Å². The molecule has 0 aromatic heterocycles. The van der Waals surface area contributed by atoms with E-state index in [0.29, 0.717) is 0 Å². The molecule has 94 valence electrons. The molecule has 0 unspecified atom stereocenters. The van der Waals surface area contributed by atoms with Gasteiger partial charge in [-0.25, -0.2) is 13.2 Å². The molecule has 0 amide bonds. The van der Waals surface area contributed by atoms with E-state index in [-0.39, 0.29) is 22.1 Å². The van der Waals surface area contributed by atoms with E-state index in [2.05, 4.69) is 5.32 Å². The van der Waals surface area contributed by atoms with Crippen LogP contribution in [0.3, 0.4) is 0 Å². The summed E-state index contributed by atoms with van der Waals surface area (Å²) in [5.41, 5.74) is 5.78. The Morgan fingerprint density at radius 2 is 1.72 bits per heavy atom. The fourth-order valence-corrected chi connectivity index (χ4v) is 1.57. The van der Waals surface area contributed by atoms with Crippen molar-refractivity contribution in [2.75, 3.05) is 11.1 Å². The van der Waals surface area contributed by atoms with Gasteiger partial charge in [0.1, 0.15) is 0 Å². The minimum absolute atomic E-state index is 0.0755. The van der Waals surface area contributed by atoms with E-state index in [1.165, 1.54) is 18.2 Å². The number of rotatable bonds is 2. The lowest BCUT2D eigenvalue weighted by molar-refractivity contribution is 0.509. The van der Waals surface area contributed by atoms with Gasteiger partial charge in [0.05, 0.1) is 16.4 Å². The Morgan fingerprint density at radius 1 is 1.00 bits per heavy atom. The van der Waals surface area contributed by atoms with Gasteiger partial charge in [0, 0.05) is 11.8 Å². The normalized spacial score (nSPS) is 10.4. The highest BCUT2D eigenvalue weighted by atomic mass is 35.5. The summed E-state index contributed by atoms with van der Waals surface area (Å²) in [6.45, 7) is 0. The molecule has 0 bridgehead atoms. The summed E-state index contributed by atoms with van der Waals surface area (Å²) in [4.78, 5) is 0. The monoisotopic (exact) mass is 272 g/mol. The summed E-state index contributed by atoms with van der Waals surface area (Å²) >= 11 is 5.60. The van der Waals surface area contributed by atoms with Gasteiger partial charge >= 0.3 is 0 Å². The number of nitrogens with one attached hydrogen (secondary N) is 1. The Kier molecular flexibility index (Phi) is 3.34. The van der Waals surface area contributed by atoms with E-state index in [4.69, 9.17) is 17.3 Å². The first kappa shape index (κ1) is 12.6. The molecular weight excluding hydrogens is 265 g/mol. The van der Waals surface area contributed by atoms with Gasteiger partial charge in [-0.2, -0.15) is 0 Å². The SMILES string of the molecule is Nc1ccc(Cl)c(F)c1Nc1ccc(F)c(F)c1. The average Bonchev–Trinajstić information content (AvgIpc) is 2.34. The quantitative estimate of drug-likeness (QED) is 0.808. The van der Waals surface area contributed by atoms with E-state index < -0.39 is 17.5 Å². The molecule has 2 nitrogen and oxygen atoms in total. The van der Waals surface area contributed by atoms with E-state index in [1.807, 2.05) is 0 Å². The molecule has 18 heavy (non-hydrogen) atoms. The van der Waals surface area contributed by atoms with Crippen LogP contribution in [0.5, 0.6) is 0 Å². The molecule has 0 radical (unpaired) electrons. The van der Waals surface area contributed by atoms with Crippen LogP contribution in [0.1, 0.15) is 0 Å². The Bertz CT molecular complexity index is 602. The van der Waals surface area contributed by atoms with Crippen molar-refractivity contribution in [2.24, 2.45) is 0 Å². The lowest BCUT2D eigenvalue weighted by Gasteiger charge is -2.11. The van der Waals surface area contributed by atoms with E-state index in [9.17, 15) is 13.2 Å². The average molecular weight is 273 g/mol. The van der Waals surface area contributed by atoms with Gasteiger partial charge in [0.15, 0.2) is 17.5 Å². The number of halogens is 4. The smallest absolute Gasteiger partial charge is 0.167 e. The van der Waals surface area contributed by atoms with Crippen LogP contribution >= 0.6 is 11.6 Å². The van der Waals surface area contributed by atoms with Gasteiger partial charge in [0.25, 0.3) is 0 Å². The standard InChI is InChI=1S/C12H8ClF3N2/c13-7-2-4-10(17)12(11(7)16)18-6-1-3-8(14)9(15)5-6/h1-5,18H,17H2. The third kappa shape index (κ3) is 2.36. The molecule has 0 aliphatic heterocycles.